The van der Waals surface area contributed by atoms with Crippen molar-refractivity contribution in [3.63, 3.8) is 0 Å². The number of benzene rings is 4. The minimum atomic E-state index is -0.284. The lowest BCUT2D eigenvalue weighted by Crippen LogP contribution is -2.33. The summed E-state index contributed by atoms with van der Waals surface area (Å²) in [5.41, 5.74) is 6.87. The molecule has 4 aromatic rings. The van der Waals surface area contributed by atoms with Crippen molar-refractivity contribution in [2.24, 2.45) is 5.10 Å². The van der Waals surface area contributed by atoms with E-state index in [1.54, 1.807) is 0 Å². The fourth-order valence-electron chi connectivity index (χ4n) is 4.54. The molecular formula is C28H21ClN2O. The third-order valence-electron chi connectivity index (χ3n) is 6.18. The molecule has 0 aliphatic carbocycles. The van der Waals surface area contributed by atoms with Crippen molar-refractivity contribution < 1.29 is 4.74 Å². The van der Waals surface area contributed by atoms with Gasteiger partial charge >= 0.3 is 0 Å². The number of hydrogen-bond acceptors (Lipinski definition) is 3. The van der Waals surface area contributed by atoms with E-state index in [1.807, 2.05) is 42.5 Å². The van der Waals surface area contributed by atoms with Crippen molar-refractivity contribution in [1.82, 2.24) is 5.01 Å². The van der Waals surface area contributed by atoms with Crippen molar-refractivity contribution in [2.75, 3.05) is 0 Å². The van der Waals surface area contributed by atoms with Crippen LogP contribution in [0.5, 0.6) is 5.75 Å². The molecule has 2 aliphatic rings. The van der Waals surface area contributed by atoms with Gasteiger partial charge in [-0.15, -0.1) is 0 Å². The first-order valence-electron chi connectivity index (χ1n) is 10.8. The molecule has 4 heteroatoms. The second-order valence-corrected chi connectivity index (χ2v) is 8.59. The minimum absolute atomic E-state index is 0.143. The molecule has 2 aliphatic heterocycles. The molecule has 4 aromatic carbocycles. The van der Waals surface area contributed by atoms with Crippen LogP contribution in [0.25, 0.3) is 11.1 Å². The monoisotopic (exact) mass is 436 g/mol. The summed E-state index contributed by atoms with van der Waals surface area (Å²) in [6.45, 7) is 0. The van der Waals surface area contributed by atoms with Gasteiger partial charge in [0.15, 0.2) is 0 Å². The summed E-state index contributed by atoms with van der Waals surface area (Å²) in [5.74, 6) is 0.921. The molecule has 0 spiro atoms. The molecule has 6 rings (SSSR count). The molecule has 0 N–H and O–H groups in total. The van der Waals surface area contributed by atoms with Crippen LogP contribution < -0.4 is 4.74 Å². The maximum Gasteiger partial charge on any atom is 0.213 e. The normalized spacial score (nSPS) is 19.0. The van der Waals surface area contributed by atoms with Gasteiger partial charge in [0.1, 0.15) is 5.75 Å². The highest BCUT2D eigenvalue weighted by molar-refractivity contribution is 6.30. The summed E-state index contributed by atoms with van der Waals surface area (Å²) in [6.07, 6.45) is 0.558. The summed E-state index contributed by atoms with van der Waals surface area (Å²) in [4.78, 5) is 0. The quantitative estimate of drug-likeness (QED) is 0.338. The van der Waals surface area contributed by atoms with Crippen molar-refractivity contribution >= 4 is 17.3 Å². The van der Waals surface area contributed by atoms with Crippen LogP contribution in [0.15, 0.2) is 108 Å². The summed E-state index contributed by atoms with van der Waals surface area (Å²) in [7, 11) is 0. The summed E-state index contributed by atoms with van der Waals surface area (Å²) >= 11 is 6.12. The van der Waals surface area contributed by atoms with Gasteiger partial charge in [0.2, 0.25) is 6.23 Å². The zero-order valence-electron chi connectivity index (χ0n) is 17.4. The molecule has 0 unspecified atom stereocenters. The first kappa shape index (κ1) is 19.1. The van der Waals surface area contributed by atoms with E-state index in [0.29, 0.717) is 5.02 Å². The molecule has 32 heavy (non-hydrogen) atoms. The van der Waals surface area contributed by atoms with Gasteiger partial charge in [0.25, 0.3) is 0 Å². The molecule has 0 aromatic heterocycles. The van der Waals surface area contributed by atoms with E-state index in [0.717, 1.165) is 29.0 Å². The average molecular weight is 437 g/mol. The van der Waals surface area contributed by atoms with E-state index in [4.69, 9.17) is 21.4 Å². The summed E-state index contributed by atoms with van der Waals surface area (Å²) < 4.78 is 6.41. The topological polar surface area (TPSA) is 24.8 Å². The van der Waals surface area contributed by atoms with Crippen LogP contribution in [0.3, 0.4) is 0 Å². The largest absolute Gasteiger partial charge is 0.464 e. The van der Waals surface area contributed by atoms with Crippen LogP contribution in [0, 0.1) is 0 Å². The van der Waals surface area contributed by atoms with Crippen LogP contribution in [0.2, 0.25) is 5.02 Å². The SMILES string of the molecule is Clc1ccc([C@@H]2Oc3ccccc3[C@@H]3CC(c4ccc(-c5ccccc5)cc4)=NN32)cc1. The van der Waals surface area contributed by atoms with Crippen LogP contribution >= 0.6 is 11.6 Å². The van der Waals surface area contributed by atoms with Crippen LogP contribution in [0.4, 0.5) is 0 Å². The standard InChI is InChI=1S/C28H21ClN2O/c29-23-16-14-22(15-17-23)28-31-26(24-8-4-5-9-27(24)32-28)18-25(30-31)21-12-10-20(11-13-21)19-6-2-1-3-7-19/h1-17,26,28H,18H2/t26-,28-/m0/s1. The molecule has 0 saturated heterocycles. The highest BCUT2D eigenvalue weighted by Gasteiger charge is 2.40. The Morgan fingerprint density at radius 3 is 2.16 bits per heavy atom. The first-order valence-corrected chi connectivity index (χ1v) is 11.2. The second kappa shape index (κ2) is 7.85. The third-order valence-corrected chi connectivity index (χ3v) is 6.43. The van der Waals surface area contributed by atoms with E-state index in [9.17, 15) is 0 Å². The maximum atomic E-state index is 6.41. The van der Waals surface area contributed by atoms with Crippen molar-refractivity contribution in [3.8, 4) is 16.9 Å². The maximum absolute atomic E-state index is 6.41. The number of rotatable bonds is 3. The fourth-order valence-corrected chi connectivity index (χ4v) is 4.67. The smallest absolute Gasteiger partial charge is 0.213 e. The molecule has 0 amide bonds. The molecule has 0 radical (unpaired) electrons. The van der Waals surface area contributed by atoms with Gasteiger partial charge < -0.3 is 4.74 Å². The van der Waals surface area contributed by atoms with Gasteiger partial charge in [-0.05, 0) is 34.9 Å². The summed E-state index contributed by atoms with van der Waals surface area (Å²) in [6, 6.07) is 35.4. The fraction of sp³-hybridized carbons (Fsp3) is 0.107. The Morgan fingerprint density at radius 1 is 0.719 bits per heavy atom. The Hall–Kier alpha value is -3.56. The number of fused-ring (bicyclic) bond motifs is 3. The highest BCUT2D eigenvalue weighted by atomic mass is 35.5. The van der Waals surface area contributed by atoms with Crippen molar-refractivity contribution in [1.29, 1.82) is 0 Å². The molecule has 0 bridgehead atoms. The highest BCUT2D eigenvalue weighted by Crippen LogP contribution is 2.47. The Balaban J connectivity index is 1.36. The molecule has 2 heterocycles. The molecule has 0 fully saturated rings. The Kier molecular flexibility index (Phi) is 4.70. The minimum Gasteiger partial charge on any atom is -0.464 e. The Morgan fingerprint density at radius 2 is 1.38 bits per heavy atom. The van der Waals surface area contributed by atoms with Crippen LogP contribution in [-0.2, 0) is 0 Å². The van der Waals surface area contributed by atoms with E-state index >= 15 is 0 Å². The van der Waals surface area contributed by atoms with Crippen molar-refractivity contribution in [3.05, 3.63) is 125 Å². The van der Waals surface area contributed by atoms with Crippen LogP contribution in [0.1, 0.15) is 35.4 Å². The molecule has 3 nitrogen and oxygen atoms in total. The molecular weight excluding hydrogens is 416 g/mol. The van der Waals surface area contributed by atoms with E-state index < -0.39 is 0 Å². The third kappa shape index (κ3) is 3.35. The molecule has 2 atom stereocenters. The zero-order valence-corrected chi connectivity index (χ0v) is 18.1. The predicted octanol–water partition coefficient (Wildman–Crippen LogP) is 7.25. The van der Waals surface area contributed by atoms with Crippen LogP contribution in [-0.4, -0.2) is 10.7 Å². The van der Waals surface area contributed by atoms with Gasteiger partial charge in [0.05, 0.1) is 11.8 Å². The van der Waals surface area contributed by atoms with E-state index in [2.05, 4.69) is 65.7 Å². The average Bonchev–Trinajstić information content (AvgIpc) is 3.31. The van der Waals surface area contributed by atoms with E-state index in [-0.39, 0.29) is 12.3 Å². The van der Waals surface area contributed by atoms with Gasteiger partial charge in [0, 0.05) is 22.6 Å². The van der Waals surface area contributed by atoms with Gasteiger partial charge in [-0.2, -0.15) is 5.10 Å². The van der Waals surface area contributed by atoms with Crippen molar-refractivity contribution in [2.45, 2.75) is 18.7 Å². The Bertz CT molecular complexity index is 1280. The second-order valence-electron chi connectivity index (χ2n) is 8.15. The lowest BCUT2D eigenvalue weighted by Gasteiger charge is -2.38. The number of ether oxygens (including phenoxy) is 1. The number of nitrogens with zero attached hydrogens (tertiary/aromatic N) is 2. The summed E-state index contributed by atoms with van der Waals surface area (Å²) in [5, 5.41) is 7.87. The van der Waals surface area contributed by atoms with E-state index in [1.165, 1.54) is 16.7 Å². The van der Waals surface area contributed by atoms with Gasteiger partial charge in [-0.3, -0.25) is 0 Å². The Labute approximate surface area is 192 Å². The molecule has 0 saturated carbocycles. The number of hydrogen-bond donors (Lipinski definition) is 0. The predicted molar refractivity (Wildman–Crippen MR) is 129 cm³/mol. The number of hydrazone groups is 1. The lowest BCUT2D eigenvalue weighted by atomic mass is 9.95. The zero-order chi connectivity index (χ0) is 21.5. The number of halogens is 1. The van der Waals surface area contributed by atoms with Gasteiger partial charge in [-0.25, -0.2) is 5.01 Å². The van der Waals surface area contributed by atoms with Gasteiger partial charge in [-0.1, -0.05) is 96.5 Å². The first-order chi connectivity index (χ1) is 15.8. The molecule has 156 valence electrons. The lowest BCUT2D eigenvalue weighted by molar-refractivity contribution is -0.0190. The number of para-hydroxylation sites is 1.